The third kappa shape index (κ3) is 4.01. The number of hydrogen-bond donors (Lipinski definition) is 1. The fourth-order valence-corrected chi connectivity index (χ4v) is 3.46. The van der Waals surface area contributed by atoms with Crippen LogP contribution in [0.25, 0.3) is 5.69 Å². The summed E-state index contributed by atoms with van der Waals surface area (Å²) >= 11 is 0. The molecule has 1 aromatic carbocycles. The number of nitrogens with zero attached hydrogens (tertiary/aromatic N) is 2. The average Bonchev–Trinajstić information content (AvgIpc) is 3.06. The number of carbonyl (C=O) groups excluding carboxylic acids is 1. The maximum atomic E-state index is 14.4. The Morgan fingerprint density at radius 2 is 2.18 bits per heavy atom. The van der Waals surface area contributed by atoms with Gasteiger partial charge < -0.3 is 14.3 Å². The molecule has 5 nitrogen and oxygen atoms in total. The molecule has 2 heterocycles. The molecule has 146 valence electrons. The number of benzene rings is 1. The van der Waals surface area contributed by atoms with Crippen molar-refractivity contribution >= 4 is 5.91 Å². The highest BCUT2D eigenvalue weighted by Gasteiger charge is 2.36. The summed E-state index contributed by atoms with van der Waals surface area (Å²) in [4.78, 5) is 16.2. The lowest BCUT2D eigenvalue weighted by atomic mass is 10.2. The number of aromatic nitrogens is 2. The number of furan rings is 1. The number of amides is 1. The van der Waals surface area contributed by atoms with E-state index in [1.54, 1.807) is 23.0 Å². The van der Waals surface area contributed by atoms with E-state index < -0.39 is 0 Å². The standard InChI is InChI=1S/C22H24FN3O2/c1-14-11-18(14)21-7-4-17(28-21)5-8-22(27)25-13-16-3-6-20(19(23)12-16)26-10-9-24-15(26)2/h3-4,6-7,9-10,12,14,18H,5,8,11,13H2,1-2H3,(H,25,27). The molecule has 1 fully saturated rings. The van der Waals surface area contributed by atoms with Crippen LogP contribution in [-0.2, 0) is 17.8 Å². The van der Waals surface area contributed by atoms with Gasteiger partial charge in [0.05, 0.1) is 5.69 Å². The number of imidazole rings is 1. The van der Waals surface area contributed by atoms with Gasteiger partial charge in [-0.25, -0.2) is 9.37 Å². The van der Waals surface area contributed by atoms with E-state index in [-0.39, 0.29) is 11.7 Å². The third-order valence-corrected chi connectivity index (χ3v) is 5.34. The third-order valence-electron chi connectivity index (χ3n) is 5.34. The zero-order valence-electron chi connectivity index (χ0n) is 16.1. The minimum Gasteiger partial charge on any atom is -0.466 e. The Hall–Kier alpha value is -2.89. The summed E-state index contributed by atoms with van der Waals surface area (Å²) < 4.78 is 21.9. The molecule has 4 rings (SSSR count). The predicted molar refractivity (Wildman–Crippen MR) is 104 cm³/mol. The number of nitrogens with one attached hydrogen (secondary N) is 1. The maximum absolute atomic E-state index is 14.4. The molecule has 1 amide bonds. The molecule has 0 bridgehead atoms. The molecule has 6 heteroatoms. The van der Waals surface area contributed by atoms with Gasteiger partial charge >= 0.3 is 0 Å². The molecule has 2 unspecified atom stereocenters. The smallest absolute Gasteiger partial charge is 0.220 e. The second-order valence-corrected chi connectivity index (χ2v) is 7.53. The number of aryl methyl sites for hydroxylation is 2. The largest absolute Gasteiger partial charge is 0.466 e. The fraction of sp³-hybridized carbons (Fsp3) is 0.364. The molecule has 0 saturated heterocycles. The van der Waals surface area contributed by atoms with Gasteiger partial charge in [0.1, 0.15) is 23.2 Å². The van der Waals surface area contributed by atoms with Gasteiger partial charge in [-0.15, -0.1) is 0 Å². The number of rotatable bonds is 7. The van der Waals surface area contributed by atoms with Crippen LogP contribution >= 0.6 is 0 Å². The van der Waals surface area contributed by atoms with Gasteiger partial charge in [-0.1, -0.05) is 13.0 Å². The lowest BCUT2D eigenvalue weighted by molar-refractivity contribution is -0.121. The first-order valence-corrected chi connectivity index (χ1v) is 9.65. The Balaban J connectivity index is 1.28. The predicted octanol–water partition coefficient (Wildman–Crippen LogP) is 4.29. The lowest BCUT2D eigenvalue weighted by Gasteiger charge is -2.09. The molecule has 0 spiro atoms. The van der Waals surface area contributed by atoms with Crippen LogP contribution in [0.3, 0.4) is 0 Å². The van der Waals surface area contributed by atoms with Crippen molar-refractivity contribution in [2.45, 2.75) is 45.6 Å². The molecule has 0 radical (unpaired) electrons. The normalized spacial score (nSPS) is 18.2. The minimum atomic E-state index is -0.342. The van der Waals surface area contributed by atoms with Crippen molar-refractivity contribution in [3.05, 3.63) is 71.5 Å². The summed E-state index contributed by atoms with van der Waals surface area (Å²) in [6.07, 6.45) is 5.46. The minimum absolute atomic E-state index is 0.0762. The van der Waals surface area contributed by atoms with Gasteiger partial charge in [-0.05, 0) is 49.1 Å². The molecule has 28 heavy (non-hydrogen) atoms. The van der Waals surface area contributed by atoms with Crippen LogP contribution in [-0.4, -0.2) is 15.5 Å². The van der Waals surface area contributed by atoms with Crippen LogP contribution in [0.1, 0.15) is 48.6 Å². The highest BCUT2D eigenvalue weighted by molar-refractivity contribution is 5.76. The zero-order chi connectivity index (χ0) is 19.7. The molecule has 1 aliphatic carbocycles. The monoisotopic (exact) mass is 381 g/mol. The topological polar surface area (TPSA) is 60.1 Å². The second-order valence-electron chi connectivity index (χ2n) is 7.53. The summed E-state index contributed by atoms with van der Waals surface area (Å²) in [5.41, 5.74) is 1.17. The van der Waals surface area contributed by atoms with Crippen LogP contribution < -0.4 is 5.32 Å². The van der Waals surface area contributed by atoms with Crippen molar-refractivity contribution in [1.29, 1.82) is 0 Å². The lowest BCUT2D eigenvalue weighted by Crippen LogP contribution is -2.23. The van der Waals surface area contributed by atoms with Crippen LogP contribution in [0.2, 0.25) is 0 Å². The Kier molecular flexibility index (Phi) is 5.03. The van der Waals surface area contributed by atoms with Crippen LogP contribution in [0.4, 0.5) is 4.39 Å². The first-order valence-electron chi connectivity index (χ1n) is 9.65. The van der Waals surface area contributed by atoms with Gasteiger partial charge in [0.25, 0.3) is 0 Å². The van der Waals surface area contributed by atoms with Gasteiger partial charge in [-0.2, -0.15) is 0 Å². The summed E-state index contributed by atoms with van der Waals surface area (Å²) in [5.74, 6) is 3.43. The van der Waals surface area contributed by atoms with E-state index in [2.05, 4.69) is 17.2 Å². The number of carbonyl (C=O) groups is 1. The van der Waals surface area contributed by atoms with Crippen LogP contribution in [0.15, 0.2) is 47.1 Å². The molecule has 1 N–H and O–H groups in total. The maximum Gasteiger partial charge on any atom is 0.220 e. The van der Waals surface area contributed by atoms with Crippen molar-refractivity contribution in [1.82, 2.24) is 14.9 Å². The summed E-state index contributed by atoms with van der Waals surface area (Å²) in [5, 5.41) is 2.84. The van der Waals surface area contributed by atoms with Crippen molar-refractivity contribution in [2.75, 3.05) is 0 Å². The van der Waals surface area contributed by atoms with E-state index in [0.717, 1.165) is 22.9 Å². The molecule has 0 aliphatic heterocycles. The Labute approximate surface area is 163 Å². The summed E-state index contributed by atoms with van der Waals surface area (Å²) in [6.45, 7) is 4.33. The summed E-state index contributed by atoms with van der Waals surface area (Å²) in [6, 6.07) is 8.95. The summed E-state index contributed by atoms with van der Waals surface area (Å²) in [7, 11) is 0. The molecular weight excluding hydrogens is 357 g/mol. The second kappa shape index (κ2) is 7.62. The molecule has 3 aromatic rings. The van der Waals surface area contributed by atoms with Crippen molar-refractivity contribution in [2.24, 2.45) is 5.92 Å². The fourth-order valence-electron chi connectivity index (χ4n) is 3.46. The Morgan fingerprint density at radius 1 is 1.36 bits per heavy atom. The molecule has 2 atom stereocenters. The average molecular weight is 381 g/mol. The van der Waals surface area contributed by atoms with E-state index in [1.807, 2.05) is 25.1 Å². The molecular formula is C22H24FN3O2. The molecule has 2 aromatic heterocycles. The van der Waals surface area contributed by atoms with Crippen molar-refractivity contribution < 1.29 is 13.6 Å². The van der Waals surface area contributed by atoms with Gasteiger partial charge in [-0.3, -0.25) is 4.79 Å². The van der Waals surface area contributed by atoms with Gasteiger partial charge in [0.15, 0.2) is 0 Å². The van der Waals surface area contributed by atoms with Gasteiger partial charge in [0, 0.05) is 37.7 Å². The van der Waals surface area contributed by atoms with E-state index in [1.165, 1.54) is 12.5 Å². The zero-order valence-corrected chi connectivity index (χ0v) is 16.1. The SMILES string of the molecule is Cc1nccn1-c1ccc(CNC(=O)CCc2ccc(C3CC3C)o2)cc1F. The highest BCUT2D eigenvalue weighted by atomic mass is 19.1. The molecule has 1 saturated carbocycles. The quantitative estimate of drug-likeness (QED) is 0.664. The van der Waals surface area contributed by atoms with E-state index in [4.69, 9.17) is 4.42 Å². The van der Waals surface area contributed by atoms with Crippen LogP contribution in [0, 0.1) is 18.7 Å². The van der Waals surface area contributed by atoms with Crippen molar-refractivity contribution in [3.63, 3.8) is 0 Å². The first kappa shape index (κ1) is 18.5. The Bertz CT molecular complexity index is 991. The first-order chi connectivity index (χ1) is 13.5. The number of halogens is 1. The van der Waals surface area contributed by atoms with Crippen LogP contribution in [0.5, 0.6) is 0 Å². The Morgan fingerprint density at radius 3 is 2.86 bits per heavy atom. The van der Waals surface area contributed by atoms with E-state index in [0.29, 0.717) is 36.9 Å². The van der Waals surface area contributed by atoms with Crippen molar-refractivity contribution in [3.8, 4) is 5.69 Å². The molecule has 1 aliphatic rings. The van der Waals surface area contributed by atoms with Gasteiger partial charge in [0.2, 0.25) is 5.91 Å². The van der Waals surface area contributed by atoms with E-state index in [9.17, 15) is 9.18 Å². The number of hydrogen-bond acceptors (Lipinski definition) is 3. The highest BCUT2D eigenvalue weighted by Crippen LogP contribution is 2.47. The van der Waals surface area contributed by atoms with E-state index >= 15 is 0 Å².